The molecule has 0 aliphatic rings. The van der Waals surface area contributed by atoms with Crippen molar-refractivity contribution in [2.75, 3.05) is 5.32 Å². The quantitative estimate of drug-likeness (QED) is 0.775. The predicted molar refractivity (Wildman–Crippen MR) is 79.6 cm³/mol. The zero-order chi connectivity index (χ0) is 14.7. The summed E-state index contributed by atoms with van der Waals surface area (Å²) in [5, 5.41) is 24.4. The predicted octanol–water partition coefficient (Wildman–Crippen LogP) is 2.63. The lowest BCUT2D eigenvalue weighted by atomic mass is 10.2. The first-order valence-corrected chi connectivity index (χ1v) is 6.65. The van der Waals surface area contributed by atoms with E-state index in [0.29, 0.717) is 11.6 Å². The molecule has 6 nitrogen and oxygen atoms in total. The number of nitrogens with zero attached hydrogens (tertiary/aromatic N) is 4. The summed E-state index contributed by atoms with van der Waals surface area (Å²) >= 11 is 5.87. The van der Waals surface area contributed by atoms with Crippen LogP contribution in [0.25, 0.3) is 5.69 Å². The topological polar surface area (TPSA) is 75.9 Å². The van der Waals surface area contributed by atoms with E-state index in [1.54, 1.807) is 16.8 Å². The van der Waals surface area contributed by atoms with Crippen LogP contribution in [0.4, 0.5) is 5.69 Å². The molecule has 7 heteroatoms. The maximum absolute atomic E-state index is 9.85. The highest BCUT2D eigenvalue weighted by atomic mass is 35.5. The summed E-state index contributed by atoms with van der Waals surface area (Å²) in [4.78, 5) is 0. The number of anilines is 1. The number of hydrogen-bond donors (Lipinski definition) is 2. The second-order valence-electron chi connectivity index (χ2n) is 4.40. The van der Waals surface area contributed by atoms with E-state index in [1.165, 1.54) is 6.33 Å². The smallest absolute Gasteiger partial charge is 0.143 e. The van der Waals surface area contributed by atoms with Gasteiger partial charge in [0.1, 0.15) is 12.1 Å². The Kier molecular flexibility index (Phi) is 3.70. The molecule has 0 spiro atoms. The number of benzene rings is 2. The Morgan fingerprint density at radius 2 is 1.95 bits per heavy atom. The maximum atomic E-state index is 9.85. The van der Waals surface area contributed by atoms with Crippen LogP contribution in [0.15, 0.2) is 48.8 Å². The van der Waals surface area contributed by atoms with Crippen molar-refractivity contribution in [1.82, 2.24) is 20.2 Å². The molecule has 0 amide bonds. The van der Waals surface area contributed by atoms with Crippen molar-refractivity contribution < 1.29 is 5.11 Å². The average Bonchev–Trinajstić information content (AvgIpc) is 3.04. The van der Waals surface area contributed by atoms with Crippen molar-refractivity contribution in [2.45, 2.75) is 6.54 Å². The Hall–Kier alpha value is -2.60. The zero-order valence-electron chi connectivity index (χ0n) is 10.9. The summed E-state index contributed by atoms with van der Waals surface area (Å²) in [6.45, 7) is 0.483. The molecule has 106 valence electrons. The molecule has 0 unspecified atom stereocenters. The molecule has 0 aliphatic heterocycles. The molecule has 0 atom stereocenters. The second-order valence-corrected chi connectivity index (χ2v) is 4.81. The standard InChI is InChI=1S/C14H12ClN5O/c15-13-3-1-2-10(14(13)21)8-16-11-4-6-12(7-5-11)20-9-17-18-19-20/h1-7,9,16,21H,8H2. The van der Waals surface area contributed by atoms with Crippen molar-refractivity contribution in [3.8, 4) is 11.4 Å². The number of para-hydroxylation sites is 1. The highest BCUT2D eigenvalue weighted by molar-refractivity contribution is 6.32. The lowest BCUT2D eigenvalue weighted by molar-refractivity contribution is 0.469. The van der Waals surface area contributed by atoms with Crippen LogP contribution in [0.2, 0.25) is 5.02 Å². The molecule has 3 rings (SSSR count). The van der Waals surface area contributed by atoms with Gasteiger partial charge in [0.15, 0.2) is 0 Å². The Balaban J connectivity index is 1.70. The molecule has 0 radical (unpaired) electrons. The highest BCUT2D eigenvalue weighted by Crippen LogP contribution is 2.27. The number of rotatable bonds is 4. The molecule has 0 saturated heterocycles. The zero-order valence-corrected chi connectivity index (χ0v) is 11.7. The Labute approximate surface area is 126 Å². The van der Waals surface area contributed by atoms with Gasteiger partial charge in [0.2, 0.25) is 0 Å². The van der Waals surface area contributed by atoms with Crippen LogP contribution in [0.3, 0.4) is 0 Å². The monoisotopic (exact) mass is 301 g/mol. The van der Waals surface area contributed by atoms with Crippen molar-refractivity contribution in [2.24, 2.45) is 0 Å². The number of nitrogens with one attached hydrogen (secondary N) is 1. The Morgan fingerprint density at radius 1 is 1.14 bits per heavy atom. The van der Waals surface area contributed by atoms with Crippen LogP contribution >= 0.6 is 11.6 Å². The number of aromatic hydroxyl groups is 1. The first-order chi connectivity index (χ1) is 10.2. The van der Waals surface area contributed by atoms with Gasteiger partial charge >= 0.3 is 0 Å². The van der Waals surface area contributed by atoms with E-state index in [4.69, 9.17) is 11.6 Å². The molecule has 1 aromatic heterocycles. The van der Waals surface area contributed by atoms with Gasteiger partial charge in [-0.15, -0.1) is 5.10 Å². The van der Waals surface area contributed by atoms with Gasteiger partial charge < -0.3 is 10.4 Å². The molecule has 2 N–H and O–H groups in total. The molecule has 0 saturated carbocycles. The van der Waals surface area contributed by atoms with Gasteiger partial charge in [-0.1, -0.05) is 23.7 Å². The number of hydrogen-bond acceptors (Lipinski definition) is 5. The molecule has 1 heterocycles. The maximum Gasteiger partial charge on any atom is 0.143 e. The van der Waals surface area contributed by atoms with Crippen molar-refractivity contribution in [3.05, 3.63) is 59.4 Å². The third-order valence-corrected chi connectivity index (χ3v) is 3.34. The van der Waals surface area contributed by atoms with Gasteiger partial charge in [0.05, 0.1) is 10.7 Å². The summed E-state index contributed by atoms with van der Waals surface area (Å²) in [5.41, 5.74) is 2.54. The van der Waals surface area contributed by atoms with E-state index in [1.807, 2.05) is 30.3 Å². The van der Waals surface area contributed by atoms with E-state index in [0.717, 1.165) is 16.9 Å². The second kappa shape index (κ2) is 5.80. The van der Waals surface area contributed by atoms with Gasteiger partial charge in [-0.3, -0.25) is 0 Å². The van der Waals surface area contributed by atoms with Crippen LogP contribution < -0.4 is 5.32 Å². The lowest BCUT2D eigenvalue weighted by Gasteiger charge is -2.09. The number of phenolic OH excluding ortho intramolecular Hbond substituents is 1. The third-order valence-electron chi connectivity index (χ3n) is 3.03. The van der Waals surface area contributed by atoms with Gasteiger partial charge in [-0.05, 0) is 40.8 Å². The van der Waals surface area contributed by atoms with Crippen molar-refractivity contribution >= 4 is 17.3 Å². The van der Waals surface area contributed by atoms with E-state index >= 15 is 0 Å². The van der Waals surface area contributed by atoms with Crippen LogP contribution in [0.5, 0.6) is 5.75 Å². The SMILES string of the molecule is Oc1c(Cl)cccc1CNc1ccc(-n2cnnn2)cc1. The summed E-state index contributed by atoms with van der Waals surface area (Å²) < 4.78 is 1.58. The van der Waals surface area contributed by atoms with Crippen LogP contribution in [0, 0.1) is 0 Å². The van der Waals surface area contributed by atoms with Crippen LogP contribution in [-0.2, 0) is 6.54 Å². The fourth-order valence-corrected chi connectivity index (χ4v) is 2.11. The average molecular weight is 302 g/mol. The van der Waals surface area contributed by atoms with Gasteiger partial charge in [-0.2, -0.15) is 0 Å². The molecule has 21 heavy (non-hydrogen) atoms. The first kappa shape index (κ1) is 13.4. The number of phenols is 1. The molecular weight excluding hydrogens is 290 g/mol. The Morgan fingerprint density at radius 3 is 2.67 bits per heavy atom. The summed E-state index contributed by atoms with van der Waals surface area (Å²) in [5.74, 6) is 0.108. The van der Waals surface area contributed by atoms with E-state index < -0.39 is 0 Å². The minimum atomic E-state index is 0.108. The van der Waals surface area contributed by atoms with E-state index in [-0.39, 0.29) is 5.75 Å². The van der Waals surface area contributed by atoms with Crippen molar-refractivity contribution in [3.63, 3.8) is 0 Å². The molecule has 0 fully saturated rings. The van der Waals surface area contributed by atoms with Crippen LogP contribution in [0.1, 0.15) is 5.56 Å². The van der Waals surface area contributed by atoms with E-state index in [9.17, 15) is 5.11 Å². The molecule has 0 aliphatic carbocycles. The molecule has 2 aromatic carbocycles. The van der Waals surface area contributed by atoms with Gasteiger partial charge in [0, 0.05) is 17.8 Å². The summed E-state index contributed by atoms with van der Waals surface area (Å²) in [6, 6.07) is 12.9. The van der Waals surface area contributed by atoms with Gasteiger partial charge in [-0.25, -0.2) is 4.68 Å². The first-order valence-electron chi connectivity index (χ1n) is 6.28. The highest BCUT2D eigenvalue weighted by Gasteiger charge is 2.05. The number of halogens is 1. The molecular formula is C14H12ClN5O. The van der Waals surface area contributed by atoms with Crippen molar-refractivity contribution in [1.29, 1.82) is 0 Å². The largest absolute Gasteiger partial charge is 0.506 e. The Bertz CT molecular complexity index is 728. The normalized spacial score (nSPS) is 10.5. The number of aromatic nitrogens is 4. The lowest BCUT2D eigenvalue weighted by Crippen LogP contribution is -2.00. The fraction of sp³-hybridized carbons (Fsp3) is 0.0714. The minimum absolute atomic E-state index is 0.108. The number of tetrazole rings is 1. The van der Waals surface area contributed by atoms with E-state index in [2.05, 4.69) is 20.8 Å². The summed E-state index contributed by atoms with van der Waals surface area (Å²) in [6.07, 6.45) is 1.53. The third kappa shape index (κ3) is 2.95. The molecule has 0 bridgehead atoms. The minimum Gasteiger partial charge on any atom is -0.506 e. The fourth-order valence-electron chi connectivity index (χ4n) is 1.91. The van der Waals surface area contributed by atoms with Gasteiger partial charge in [0.25, 0.3) is 0 Å². The van der Waals surface area contributed by atoms with Crippen LogP contribution in [-0.4, -0.2) is 25.3 Å². The summed E-state index contributed by atoms with van der Waals surface area (Å²) in [7, 11) is 0. The molecule has 3 aromatic rings.